The van der Waals surface area contributed by atoms with Gasteiger partial charge in [0, 0.05) is 138 Å². The number of para-hydroxylation sites is 5. The number of rotatable bonds is 18. The van der Waals surface area contributed by atoms with Crippen molar-refractivity contribution in [3.63, 3.8) is 0 Å². The molecule has 0 saturated carbocycles. The lowest BCUT2D eigenvalue weighted by Gasteiger charge is -2.40. The number of carbonyl (C=O) groups excluding carboxylic acids is 5. The van der Waals surface area contributed by atoms with Crippen LogP contribution >= 0.6 is 0 Å². The first-order valence-electron chi connectivity index (χ1n) is 46.4. The van der Waals surface area contributed by atoms with Crippen LogP contribution in [-0.4, -0.2) is 221 Å². The molecule has 38 heteroatoms. The van der Waals surface area contributed by atoms with E-state index in [0.29, 0.717) is 140 Å². The summed E-state index contributed by atoms with van der Waals surface area (Å²) in [6.07, 6.45) is 4.31. The molecule has 5 amide bonds. The van der Waals surface area contributed by atoms with Gasteiger partial charge < -0.3 is 28.4 Å². The van der Waals surface area contributed by atoms with Crippen LogP contribution in [0.25, 0.3) is 10.8 Å². The summed E-state index contributed by atoms with van der Waals surface area (Å²) in [5.41, 5.74) is 12.1. The van der Waals surface area contributed by atoms with Gasteiger partial charge in [-0.05, 0) is 179 Å². The number of cyclic esters (lactones) is 5. The number of nitrogens with zero attached hydrogens (tertiary/aromatic N) is 12. The lowest BCUT2D eigenvalue weighted by atomic mass is 10.0. The van der Waals surface area contributed by atoms with Gasteiger partial charge in [0.2, 0.25) is 40.1 Å². The van der Waals surface area contributed by atoms with Crippen molar-refractivity contribution in [2.45, 2.75) is 162 Å². The number of hydrogen-bond acceptors (Lipinski definition) is 22. The Morgan fingerprint density at radius 1 is 0.360 bits per heavy atom. The van der Waals surface area contributed by atoms with Crippen LogP contribution in [0.1, 0.15) is 114 Å². The van der Waals surface area contributed by atoms with Crippen LogP contribution in [-0.2, 0) is 113 Å². The molecule has 0 atom stereocenters. The lowest BCUT2D eigenvalue weighted by molar-refractivity contribution is 0.135. The van der Waals surface area contributed by atoms with Crippen molar-refractivity contribution in [2.24, 2.45) is 0 Å². The summed E-state index contributed by atoms with van der Waals surface area (Å²) in [6, 6.07) is 72.0. The number of anilines is 5. The van der Waals surface area contributed by atoms with Gasteiger partial charge in [0.1, 0.15) is 44.9 Å². The third-order valence-electron chi connectivity index (χ3n) is 26.9. The molecule has 0 aliphatic carbocycles. The molecule has 20 rings (SSSR count). The third-order valence-corrected chi connectivity index (χ3v) is 36.6. The standard InChI is InChI=1S/C25H26N2O4S.C21H24N2O4S.C20H19N3O4S.C20H22N2O5S.C15H21N3O4S/c28-25-27(24-11-4-2-7-21(24)18-31-25)22-12-15-26(16-13-22)32(29,30)17-14-20-9-5-8-19-6-1-3-10-23(19)20;1-15-7-8-20(16(2)13-15)28(25,26)22-11-9-18(10-12-22)23-19-6-4-3-5-17(19)14-27-21(23)24;21-13-15-5-2-4-8-19(15)28(25,26)22-11-9-17(10-12-22)23-18-7-3-1-6-16(18)14-27-20(23)24;1-26-17-6-8-18(9-7-17)28(24,25)21-12-10-16(11-13-21)22-19-5-3-2-4-15(19)14-27-20(22)23;1-16(2)23(20,21)17-9-7-13(8-10-17)18-14-6-4-3-5-12(14)11-22-15(18)19/h1-11,22H,12-18H2;3-8,13,18H,9-12,14H2,1-2H3;1-8,17H,9-12,14H2;2-9,16H,10-14H2,1H3;3-6,13H,7-11H2,1-2H3. The average molecular weight is 1990 g/mol. The molecule has 0 bridgehead atoms. The molecule has 10 aliphatic rings. The molecular weight excluding hydrogens is 1880 g/mol. The number of amides is 5. The molecule has 0 unspecified atom stereocenters. The summed E-state index contributed by atoms with van der Waals surface area (Å²) in [7, 11) is -13.0. The molecular formula is C101H112N12O21S5. The molecule has 33 nitrogen and oxygen atoms in total. The fourth-order valence-corrected chi connectivity index (χ4v) is 26.9. The highest BCUT2D eigenvalue weighted by Gasteiger charge is 2.44. The van der Waals surface area contributed by atoms with E-state index in [1.54, 1.807) is 71.3 Å². The van der Waals surface area contributed by atoms with Crippen molar-refractivity contribution in [2.75, 3.05) is 117 Å². The summed E-state index contributed by atoms with van der Waals surface area (Å²) in [6.45, 7) is 8.80. The monoisotopic (exact) mass is 1990 g/mol. The van der Waals surface area contributed by atoms with Gasteiger partial charge >= 0.3 is 30.5 Å². The van der Waals surface area contributed by atoms with Crippen molar-refractivity contribution in [3.8, 4) is 11.8 Å². The summed E-state index contributed by atoms with van der Waals surface area (Å²) in [4.78, 5) is 70.9. The molecule has 10 heterocycles. The van der Waals surface area contributed by atoms with Crippen molar-refractivity contribution < 1.29 is 94.5 Å². The van der Waals surface area contributed by atoms with E-state index in [9.17, 15) is 71.3 Å². The van der Waals surface area contributed by atoms with E-state index in [1.807, 2.05) is 196 Å². The molecule has 0 spiro atoms. The van der Waals surface area contributed by atoms with Gasteiger partial charge in [-0.3, -0.25) is 24.5 Å². The smallest absolute Gasteiger partial charge is 0.414 e. The number of sulfonamides is 4. The number of hydrogen-bond donors (Lipinski definition) is 0. The van der Waals surface area contributed by atoms with Gasteiger partial charge in [0.05, 0.1) is 61.5 Å². The summed E-state index contributed by atoms with van der Waals surface area (Å²) >= 11 is 0. The Balaban J connectivity index is 0.000000126. The zero-order chi connectivity index (χ0) is 98.1. The number of methoxy groups -OCH3 is 1. The van der Waals surface area contributed by atoms with E-state index in [1.165, 1.54) is 54.9 Å². The minimum absolute atomic E-state index is 0.0266. The second kappa shape index (κ2) is 43.1. The Hall–Kier alpha value is -12.4. The van der Waals surface area contributed by atoms with E-state index in [-0.39, 0.29) is 115 Å². The van der Waals surface area contributed by atoms with Crippen LogP contribution < -0.4 is 29.2 Å². The highest BCUT2D eigenvalue weighted by Crippen LogP contribution is 2.41. The molecule has 10 aromatic carbocycles. The van der Waals surface area contributed by atoms with Crippen molar-refractivity contribution in [1.82, 2.24) is 25.8 Å². The summed E-state index contributed by atoms with van der Waals surface area (Å²) < 4.78 is 169. The van der Waals surface area contributed by atoms with Crippen LogP contribution in [0.5, 0.6) is 5.75 Å². The Morgan fingerprint density at radius 3 is 1.05 bits per heavy atom. The van der Waals surface area contributed by atoms with Crippen LogP contribution in [0.3, 0.4) is 0 Å². The van der Waals surface area contributed by atoms with Crippen molar-refractivity contribution >= 4 is 120 Å². The number of benzene rings is 10. The highest BCUT2D eigenvalue weighted by molar-refractivity contribution is 7.90. The van der Waals surface area contributed by atoms with Crippen LogP contribution in [0.2, 0.25) is 0 Å². The van der Waals surface area contributed by atoms with Gasteiger partial charge in [0.15, 0.2) is 0 Å². The second-order valence-electron chi connectivity index (χ2n) is 35.5. The Bertz CT molecular complexity index is 6850. The highest BCUT2D eigenvalue weighted by atomic mass is 32.2. The Kier molecular flexibility index (Phi) is 30.9. The van der Waals surface area contributed by atoms with E-state index in [2.05, 4.69) is 0 Å². The SMILES string of the molecule is CN(C)S(=O)(=O)N1CCC(N2C(=O)OCc3ccccc32)CC1.COc1ccc(S(=O)(=O)N2CCC(N3C(=O)OCc4ccccc43)CC2)cc1.Cc1ccc(S(=O)(=O)N2CCC(N3C(=O)OCc4ccccc43)CC2)c(C)c1.N#Cc1ccccc1S(=O)(=O)N1CCC(N2C(=O)OCc3ccccc32)CC1.O=C1OCc2ccccc2N1C1CCN(S(=O)(=O)CCc2cccc3ccccc23)CC1. The predicted octanol–water partition coefficient (Wildman–Crippen LogP) is 15.2. The molecule has 139 heavy (non-hydrogen) atoms. The molecule has 732 valence electrons. The number of fused-ring (bicyclic) bond motifs is 6. The topological polar surface area (TPSA) is 371 Å². The molecule has 0 aromatic heterocycles. The normalized spacial score (nSPS) is 18.7. The zero-order valence-corrected chi connectivity index (χ0v) is 82.0. The van der Waals surface area contributed by atoms with Gasteiger partial charge in [0.25, 0.3) is 10.2 Å². The quantitative estimate of drug-likeness (QED) is 0.0720. The van der Waals surface area contributed by atoms with E-state index in [4.69, 9.17) is 28.4 Å². The Morgan fingerprint density at radius 2 is 0.683 bits per heavy atom. The second-order valence-corrected chi connectivity index (χ2v) is 45.5. The van der Waals surface area contributed by atoms with Crippen molar-refractivity contribution in [3.05, 3.63) is 281 Å². The van der Waals surface area contributed by atoms with Gasteiger partial charge in [-0.15, -0.1) is 0 Å². The summed E-state index contributed by atoms with van der Waals surface area (Å²) in [5.74, 6) is 0.695. The fraction of sp³-hybridized carbons (Fsp3) is 0.366. The number of nitriles is 1. The number of piperidine rings is 5. The Labute approximate surface area is 811 Å². The molecule has 0 radical (unpaired) electrons. The molecule has 5 saturated heterocycles. The van der Waals surface area contributed by atoms with E-state index < -0.39 is 56.4 Å². The van der Waals surface area contributed by atoms with Gasteiger partial charge in [-0.2, -0.15) is 35.2 Å². The van der Waals surface area contributed by atoms with Gasteiger partial charge in [-0.1, -0.05) is 163 Å². The zero-order valence-electron chi connectivity index (χ0n) is 77.9. The van der Waals surface area contributed by atoms with E-state index >= 15 is 0 Å². The molecule has 10 aliphatic heterocycles. The largest absolute Gasteiger partial charge is 0.497 e. The summed E-state index contributed by atoms with van der Waals surface area (Å²) in [5, 5.41) is 11.4. The van der Waals surface area contributed by atoms with Gasteiger partial charge in [-0.25, -0.2) is 61.9 Å². The molecule has 10 aromatic rings. The fourth-order valence-electron chi connectivity index (χ4n) is 19.5. The van der Waals surface area contributed by atoms with Crippen LogP contribution in [0.15, 0.2) is 245 Å². The first kappa shape index (κ1) is 99.6. The molecule has 5 fully saturated rings. The molecule has 0 N–H and O–H groups in total. The van der Waals surface area contributed by atoms with Crippen LogP contribution in [0, 0.1) is 25.2 Å². The lowest BCUT2D eigenvalue weighted by Crippen LogP contribution is -2.52. The minimum Gasteiger partial charge on any atom is -0.497 e. The predicted molar refractivity (Wildman–Crippen MR) is 524 cm³/mol. The maximum atomic E-state index is 13.1. The first-order chi connectivity index (χ1) is 66.8. The maximum absolute atomic E-state index is 13.1. The third kappa shape index (κ3) is 21.8. The maximum Gasteiger partial charge on any atom is 0.414 e. The van der Waals surface area contributed by atoms with Crippen LogP contribution in [0.4, 0.5) is 52.4 Å². The van der Waals surface area contributed by atoms with E-state index in [0.717, 1.165) is 83.7 Å². The average Bonchev–Trinajstić information content (AvgIpc) is 0.763. The number of ether oxygens (including phenoxy) is 6. The van der Waals surface area contributed by atoms with Crippen molar-refractivity contribution in [1.29, 1.82) is 5.26 Å². The number of aryl methyl sites for hydroxylation is 3. The first-order valence-corrected chi connectivity index (χ1v) is 53.7. The number of carbonyl (C=O) groups is 5. The minimum atomic E-state index is -3.76.